The first-order valence-electron chi connectivity index (χ1n) is 4.53. The molecular formula is C8H19NO2S. The molecule has 0 unspecified atom stereocenters. The first-order valence-corrected chi connectivity index (χ1v) is 6.35. The van der Waals surface area contributed by atoms with Crippen molar-refractivity contribution in [2.24, 2.45) is 5.73 Å². The Hall–Kier alpha value is -0.0900. The molecule has 0 amide bonds. The zero-order chi connectivity index (χ0) is 9.45. The Kier molecular flexibility index (Phi) is 6.38. The SMILES string of the molecule is CCCCCS(=O)(=O)CCCN. The highest BCUT2D eigenvalue weighted by Crippen LogP contribution is 2.00. The summed E-state index contributed by atoms with van der Waals surface area (Å²) in [5, 5.41) is 0. The highest BCUT2D eigenvalue weighted by molar-refractivity contribution is 7.91. The summed E-state index contributed by atoms with van der Waals surface area (Å²) in [6, 6.07) is 0. The summed E-state index contributed by atoms with van der Waals surface area (Å²) in [5.74, 6) is 0.591. The molecule has 2 N–H and O–H groups in total. The van der Waals surface area contributed by atoms with Crippen LogP contribution in [0, 0.1) is 0 Å². The molecule has 74 valence electrons. The van der Waals surface area contributed by atoms with Gasteiger partial charge in [-0.1, -0.05) is 19.8 Å². The van der Waals surface area contributed by atoms with Gasteiger partial charge >= 0.3 is 0 Å². The fraction of sp³-hybridized carbons (Fsp3) is 1.00. The average molecular weight is 193 g/mol. The number of hydrogen-bond acceptors (Lipinski definition) is 3. The summed E-state index contributed by atoms with van der Waals surface area (Å²) in [6.45, 7) is 2.53. The lowest BCUT2D eigenvalue weighted by Crippen LogP contribution is -2.14. The van der Waals surface area contributed by atoms with Crippen LogP contribution in [0.4, 0.5) is 0 Å². The van der Waals surface area contributed by atoms with Crippen molar-refractivity contribution in [1.82, 2.24) is 0 Å². The van der Waals surface area contributed by atoms with E-state index in [1.807, 2.05) is 0 Å². The first-order chi connectivity index (χ1) is 5.62. The summed E-state index contributed by atoms with van der Waals surface area (Å²) >= 11 is 0. The summed E-state index contributed by atoms with van der Waals surface area (Å²) in [4.78, 5) is 0. The molecule has 0 aliphatic carbocycles. The Balaban J connectivity index is 3.58. The van der Waals surface area contributed by atoms with Gasteiger partial charge in [-0.15, -0.1) is 0 Å². The lowest BCUT2D eigenvalue weighted by Gasteiger charge is -2.01. The molecule has 0 aromatic carbocycles. The number of nitrogens with two attached hydrogens (primary N) is 1. The van der Waals surface area contributed by atoms with E-state index in [-0.39, 0.29) is 5.75 Å². The van der Waals surface area contributed by atoms with Crippen molar-refractivity contribution in [2.45, 2.75) is 32.6 Å². The maximum Gasteiger partial charge on any atom is 0.150 e. The third kappa shape index (κ3) is 6.61. The van der Waals surface area contributed by atoms with Crippen LogP contribution in [0.5, 0.6) is 0 Å². The summed E-state index contributed by atoms with van der Waals surface area (Å²) in [5.41, 5.74) is 5.23. The van der Waals surface area contributed by atoms with E-state index in [2.05, 4.69) is 6.92 Å². The molecule has 0 atom stereocenters. The maximum atomic E-state index is 11.2. The molecule has 0 aliphatic rings. The van der Waals surface area contributed by atoms with Crippen LogP contribution in [-0.4, -0.2) is 26.5 Å². The van der Waals surface area contributed by atoms with Crippen LogP contribution in [-0.2, 0) is 9.84 Å². The van der Waals surface area contributed by atoms with Crippen LogP contribution in [0.15, 0.2) is 0 Å². The number of unbranched alkanes of at least 4 members (excludes halogenated alkanes) is 2. The predicted molar refractivity (Wildman–Crippen MR) is 51.9 cm³/mol. The van der Waals surface area contributed by atoms with Gasteiger partial charge in [-0.05, 0) is 19.4 Å². The number of hydrogen-bond donors (Lipinski definition) is 1. The molecule has 4 heteroatoms. The van der Waals surface area contributed by atoms with E-state index in [4.69, 9.17) is 5.73 Å². The second kappa shape index (κ2) is 6.43. The smallest absolute Gasteiger partial charge is 0.150 e. The van der Waals surface area contributed by atoms with E-state index in [9.17, 15) is 8.42 Å². The highest BCUT2D eigenvalue weighted by atomic mass is 32.2. The van der Waals surface area contributed by atoms with Gasteiger partial charge < -0.3 is 5.73 Å². The van der Waals surface area contributed by atoms with E-state index in [1.165, 1.54) is 0 Å². The standard InChI is InChI=1S/C8H19NO2S/c1-2-3-4-7-12(10,11)8-5-6-9/h2-9H2,1H3. The number of sulfone groups is 1. The third-order valence-corrected chi connectivity index (χ3v) is 3.54. The molecule has 0 rings (SSSR count). The van der Waals surface area contributed by atoms with Gasteiger partial charge in [-0.3, -0.25) is 0 Å². The fourth-order valence-electron chi connectivity index (χ4n) is 0.977. The van der Waals surface area contributed by atoms with Crippen molar-refractivity contribution in [3.05, 3.63) is 0 Å². The van der Waals surface area contributed by atoms with Crippen LogP contribution in [0.3, 0.4) is 0 Å². The van der Waals surface area contributed by atoms with Gasteiger partial charge in [-0.25, -0.2) is 8.42 Å². The Morgan fingerprint density at radius 3 is 2.17 bits per heavy atom. The molecule has 0 fully saturated rings. The molecule has 0 radical (unpaired) electrons. The van der Waals surface area contributed by atoms with E-state index in [0.717, 1.165) is 19.3 Å². The van der Waals surface area contributed by atoms with Gasteiger partial charge in [0.2, 0.25) is 0 Å². The van der Waals surface area contributed by atoms with E-state index in [1.54, 1.807) is 0 Å². The quantitative estimate of drug-likeness (QED) is 0.612. The van der Waals surface area contributed by atoms with Crippen LogP contribution in [0.25, 0.3) is 0 Å². The fourth-order valence-corrected chi connectivity index (χ4v) is 2.43. The summed E-state index contributed by atoms with van der Waals surface area (Å²) < 4.78 is 22.4. The normalized spacial score (nSPS) is 11.8. The Morgan fingerprint density at radius 1 is 1.08 bits per heavy atom. The molecule has 0 spiro atoms. The van der Waals surface area contributed by atoms with Crippen LogP contribution in [0.2, 0.25) is 0 Å². The van der Waals surface area contributed by atoms with Crippen molar-refractivity contribution in [1.29, 1.82) is 0 Å². The Labute approximate surface area is 75.3 Å². The second-order valence-corrected chi connectivity index (χ2v) is 5.30. The molecule has 0 aromatic heterocycles. The lowest BCUT2D eigenvalue weighted by molar-refractivity contribution is 0.588. The second-order valence-electron chi connectivity index (χ2n) is 3.00. The zero-order valence-corrected chi connectivity index (χ0v) is 8.57. The largest absolute Gasteiger partial charge is 0.330 e. The van der Waals surface area contributed by atoms with Gasteiger partial charge in [-0.2, -0.15) is 0 Å². The number of rotatable bonds is 7. The zero-order valence-electron chi connectivity index (χ0n) is 7.75. The minimum absolute atomic E-state index is 0.257. The van der Waals surface area contributed by atoms with Gasteiger partial charge in [0.1, 0.15) is 9.84 Å². The van der Waals surface area contributed by atoms with E-state index >= 15 is 0 Å². The molecule has 0 heterocycles. The maximum absolute atomic E-state index is 11.2. The minimum atomic E-state index is -2.80. The van der Waals surface area contributed by atoms with Crippen molar-refractivity contribution >= 4 is 9.84 Å². The molecule has 12 heavy (non-hydrogen) atoms. The Morgan fingerprint density at radius 2 is 1.67 bits per heavy atom. The van der Waals surface area contributed by atoms with Crippen molar-refractivity contribution < 1.29 is 8.42 Å². The molecule has 0 bridgehead atoms. The molecular weight excluding hydrogens is 174 g/mol. The summed E-state index contributed by atoms with van der Waals surface area (Å²) in [6.07, 6.45) is 3.45. The van der Waals surface area contributed by atoms with Gasteiger partial charge in [0.15, 0.2) is 0 Å². The van der Waals surface area contributed by atoms with Crippen LogP contribution in [0.1, 0.15) is 32.6 Å². The Bertz CT molecular complexity index is 187. The lowest BCUT2D eigenvalue weighted by atomic mass is 10.3. The topological polar surface area (TPSA) is 60.2 Å². The van der Waals surface area contributed by atoms with E-state index < -0.39 is 9.84 Å². The van der Waals surface area contributed by atoms with Gasteiger partial charge in [0.05, 0.1) is 11.5 Å². The van der Waals surface area contributed by atoms with Crippen LogP contribution >= 0.6 is 0 Å². The van der Waals surface area contributed by atoms with Crippen molar-refractivity contribution in [2.75, 3.05) is 18.1 Å². The third-order valence-electron chi connectivity index (χ3n) is 1.72. The van der Waals surface area contributed by atoms with Gasteiger partial charge in [0, 0.05) is 0 Å². The predicted octanol–water partition coefficient (Wildman–Crippen LogP) is 0.940. The molecule has 0 saturated heterocycles. The highest BCUT2D eigenvalue weighted by Gasteiger charge is 2.08. The molecule has 0 aliphatic heterocycles. The van der Waals surface area contributed by atoms with Crippen molar-refractivity contribution in [3.63, 3.8) is 0 Å². The van der Waals surface area contributed by atoms with Crippen molar-refractivity contribution in [3.8, 4) is 0 Å². The van der Waals surface area contributed by atoms with E-state index in [0.29, 0.717) is 18.7 Å². The summed E-state index contributed by atoms with van der Waals surface area (Å²) in [7, 11) is -2.80. The monoisotopic (exact) mass is 193 g/mol. The van der Waals surface area contributed by atoms with Crippen LogP contribution < -0.4 is 5.73 Å². The average Bonchev–Trinajstić information content (AvgIpc) is 2.01. The van der Waals surface area contributed by atoms with Gasteiger partial charge in [0.25, 0.3) is 0 Å². The minimum Gasteiger partial charge on any atom is -0.330 e. The molecule has 0 aromatic rings. The first kappa shape index (κ1) is 11.9. The molecule has 0 saturated carbocycles. The molecule has 3 nitrogen and oxygen atoms in total.